The lowest BCUT2D eigenvalue weighted by molar-refractivity contribution is -0.145. The molecular formula is C21H24ClN5O5S2. The summed E-state index contributed by atoms with van der Waals surface area (Å²) in [4.78, 5) is 48.1. The van der Waals surface area contributed by atoms with E-state index in [4.69, 9.17) is 22.2 Å². The van der Waals surface area contributed by atoms with Crippen molar-refractivity contribution in [2.75, 3.05) is 25.6 Å². The van der Waals surface area contributed by atoms with Gasteiger partial charge in [0.15, 0.2) is 10.8 Å². The maximum atomic E-state index is 13.2. The standard InChI is InChI=1S/C21H24ClN5O5S2/c1-11(12-7-5-4-6-8-12)32-26-15(14-17(22)34-21(23)25-14)18(29)24-16-19(30)27(2)20(16)33-10-9-13(28)31-3/h4-8,11,16,20H,9-10H2,1-3H3,(H2,23,25)(H,24,29)/b26-15-. The Balaban J connectivity index is 1.76. The highest BCUT2D eigenvalue weighted by Crippen LogP contribution is 2.30. The van der Waals surface area contributed by atoms with Crippen LogP contribution in [-0.2, 0) is 24.0 Å². The Hall–Kier alpha value is -2.83. The zero-order valence-corrected chi connectivity index (χ0v) is 21.1. The molecule has 1 aliphatic heterocycles. The summed E-state index contributed by atoms with van der Waals surface area (Å²) in [6.07, 6.45) is -0.275. The Bertz CT molecular complexity index is 1080. The number of hydrogen-bond acceptors (Lipinski definition) is 10. The molecule has 34 heavy (non-hydrogen) atoms. The predicted molar refractivity (Wildman–Crippen MR) is 132 cm³/mol. The molecule has 3 atom stereocenters. The number of hydrogen-bond donors (Lipinski definition) is 2. The molecule has 0 aliphatic carbocycles. The number of anilines is 1. The van der Waals surface area contributed by atoms with Crippen LogP contribution in [0.5, 0.6) is 0 Å². The maximum absolute atomic E-state index is 13.2. The summed E-state index contributed by atoms with van der Waals surface area (Å²) >= 11 is 8.58. The zero-order chi connectivity index (χ0) is 24.8. The van der Waals surface area contributed by atoms with Gasteiger partial charge in [0.2, 0.25) is 5.91 Å². The number of ether oxygens (including phenoxy) is 1. The number of carbonyl (C=O) groups excluding carboxylic acids is 3. The number of carbonyl (C=O) groups is 3. The van der Waals surface area contributed by atoms with Crippen molar-refractivity contribution in [1.29, 1.82) is 0 Å². The number of halogens is 1. The number of benzene rings is 1. The van der Waals surface area contributed by atoms with Crippen molar-refractivity contribution in [3.05, 3.63) is 45.9 Å². The number of oxime groups is 1. The van der Waals surface area contributed by atoms with Gasteiger partial charge in [0.25, 0.3) is 5.91 Å². The van der Waals surface area contributed by atoms with Gasteiger partial charge >= 0.3 is 5.97 Å². The number of likely N-dealkylation sites (tertiary alicyclic amines) is 1. The van der Waals surface area contributed by atoms with Crippen LogP contribution in [0.15, 0.2) is 35.5 Å². The molecule has 2 amide bonds. The number of nitrogen functional groups attached to an aromatic ring is 1. The normalized spacial score (nSPS) is 18.8. The second-order valence-corrected chi connectivity index (χ2v) is 10.1. The maximum Gasteiger partial charge on any atom is 0.306 e. The summed E-state index contributed by atoms with van der Waals surface area (Å²) in [5.41, 5.74) is 6.48. The summed E-state index contributed by atoms with van der Waals surface area (Å²) in [5.74, 6) is -0.881. The van der Waals surface area contributed by atoms with Gasteiger partial charge in [-0.2, -0.15) is 0 Å². The molecule has 182 valence electrons. The molecule has 13 heteroatoms. The van der Waals surface area contributed by atoms with Crippen LogP contribution < -0.4 is 11.1 Å². The van der Waals surface area contributed by atoms with Gasteiger partial charge < -0.3 is 25.5 Å². The zero-order valence-electron chi connectivity index (χ0n) is 18.7. The number of rotatable bonds is 10. The van der Waals surface area contributed by atoms with E-state index in [1.807, 2.05) is 30.3 Å². The highest BCUT2D eigenvalue weighted by atomic mass is 35.5. The number of aromatic nitrogens is 1. The number of thioether (sulfide) groups is 1. The van der Waals surface area contributed by atoms with Crippen molar-refractivity contribution < 1.29 is 24.0 Å². The van der Waals surface area contributed by atoms with Crippen LogP contribution in [0.1, 0.15) is 30.7 Å². The van der Waals surface area contributed by atoms with Crippen molar-refractivity contribution in [1.82, 2.24) is 15.2 Å². The molecule has 3 rings (SSSR count). The van der Waals surface area contributed by atoms with E-state index in [-0.39, 0.29) is 44.5 Å². The second kappa shape index (κ2) is 11.5. The van der Waals surface area contributed by atoms with Crippen LogP contribution in [0.4, 0.5) is 5.13 Å². The van der Waals surface area contributed by atoms with Crippen molar-refractivity contribution in [2.24, 2.45) is 5.16 Å². The number of nitrogens with one attached hydrogen (secondary N) is 1. The number of thiazole rings is 1. The van der Waals surface area contributed by atoms with Crippen molar-refractivity contribution in [3.8, 4) is 0 Å². The first kappa shape index (κ1) is 25.8. The van der Waals surface area contributed by atoms with Crippen LogP contribution in [0.25, 0.3) is 0 Å². The molecule has 3 N–H and O–H groups in total. The van der Waals surface area contributed by atoms with Gasteiger partial charge in [0.05, 0.1) is 13.5 Å². The van der Waals surface area contributed by atoms with Crippen LogP contribution >= 0.6 is 34.7 Å². The molecule has 0 bridgehead atoms. The molecule has 1 aromatic carbocycles. The molecule has 0 spiro atoms. The minimum Gasteiger partial charge on any atom is -0.469 e. The van der Waals surface area contributed by atoms with Gasteiger partial charge in [0, 0.05) is 12.8 Å². The number of nitrogens with zero attached hydrogens (tertiary/aromatic N) is 3. The Labute approximate surface area is 209 Å². The SMILES string of the molecule is COC(=O)CCSC1C(NC(=O)/C(=N\OC(C)c2ccccc2)c2nc(N)sc2Cl)C(=O)N1C. The average Bonchev–Trinajstić information content (AvgIpc) is 3.18. The molecule has 1 fully saturated rings. The first-order chi connectivity index (χ1) is 16.2. The molecule has 10 nitrogen and oxygen atoms in total. The predicted octanol–water partition coefficient (Wildman–Crippen LogP) is 2.44. The Kier molecular flexibility index (Phi) is 8.75. The smallest absolute Gasteiger partial charge is 0.306 e. The van der Waals surface area contributed by atoms with E-state index in [2.05, 4.69) is 20.2 Å². The molecule has 0 saturated carbocycles. The fraction of sp³-hybridized carbons (Fsp3) is 0.381. The molecule has 2 heterocycles. The number of likely N-dealkylation sites (N-methyl/N-ethyl adjacent to an activating group) is 1. The highest BCUT2D eigenvalue weighted by molar-refractivity contribution is 8.00. The number of β-lactam (4-membered cyclic amide) rings is 1. The van der Waals surface area contributed by atoms with E-state index in [0.29, 0.717) is 5.75 Å². The quantitative estimate of drug-likeness (QED) is 0.209. The number of amides is 2. The molecular weight excluding hydrogens is 502 g/mol. The van der Waals surface area contributed by atoms with Crippen LogP contribution in [0.3, 0.4) is 0 Å². The van der Waals surface area contributed by atoms with Gasteiger partial charge in [-0.1, -0.05) is 58.4 Å². The largest absolute Gasteiger partial charge is 0.469 e. The minimum absolute atomic E-state index is 0.0666. The number of esters is 1. The lowest BCUT2D eigenvalue weighted by Gasteiger charge is -2.44. The van der Waals surface area contributed by atoms with Gasteiger partial charge in [-0.15, -0.1) is 11.8 Å². The van der Waals surface area contributed by atoms with E-state index in [9.17, 15) is 14.4 Å². The third-order valence-corrected chi connectivity index (χ3v) is 7.46. The highest BCUT2D eigenvalue weighted by Gasteiger charge is 2.47. The van der Waals surface area contributed by atoms with Gasteiger partial charge in [0.1, 0.15) is 27.5 Å². The summed E-state index contributed by atoms with van der Waals surface area (Å²) in [6.45, 7) is 1.78. The van der Waals surface area contributed by atoms with E-state index in [0.717, 1.165) is 16.9 Å². The summed E-state index contributed by atoms with van der Waals surface area (Å²) in [7, 11) is 2.94. The van der Waals surface area contributed by atoms with Crippen LogP contribution in [0.2, 0.25) is 4.34 Å². The van der Waals surface area contributed by atoms with Crippen molar-refractivity contribution >= 4 is 63.3 Å². The van der Waals surface area contributed by atoms with E-state index >= 15 is 0 Å². The van der Waals surface area contributed by atoms with Gasteiger partial charge in [-0.05, 0) is 12.5 Å². The van der Waals surface area contributed by atoms with Crippen molar-refractivity contribution in [2.45, 2.75) is 30.9 Å². The van der Waals surface area contributed by atoms with Crippen LogP contribution in [-0.4, -0.2) is 64.7 Å². The average molecular weight is 526 g/mol. The monoisotopic (exact) mass is 525 g/mol. The van der Waals surface area contributed by atoms with E-state index in [1.54, 1.807) is 14.0 Å². The van der Waals surface area contributed by atoms with Gasteiger partial charge in [-0.25, -0.2) is 4.98 Å². The third kappa shape index (κ3) is 5.99. The number of methoxy groups -OCH3 is 1. The summed E-state index contributed by atoms with van der Waals surface area (Å²) in [6, 6.07) is 8.52. The first-order valence-corrected chi connectivity index (χ1v) is 12.4. The molecule has 1 saturated heterocycles. The first-order valence-electron chi connectivity index (χ1n) is 10.2. The van der Waals surface area contributed by atoms with E-state index < -0.39 is 18.1 Å². The van der Waals surface area contributed by atoms with Crippen molar-refractivity contribution in [3.63, 3.8) is 0 Å². The van der Waals surface area contributed by atoms with Crippen LogP contribution in [0, 0.1) is 0 Å². The molecule has 2 aromatic rings. The number of nitrogens with two attached hydrogens (primary N) is 1. The Morgan fingerprint density at radius 1 is 1.38 bits per heavy atom. The fourth-order valence-electron chi connectivity index (χ4n) is 3.10. The van der Waals surface area contributed by atoms with Gasteiger partial charge in [-0.3, -0.25) is 14.4 Å². The minimum atomic E-state index is -0.813. The lowest BCUT2D eigenvalue weighted by atomic mass is 10.1. The Morgan fingerprint density at radius 3 is 2.71 bits per heavy atom. The second-order valence-electron chi connectivity index (χ2n) is 7.26. The third-order valence-electron chi connectivity index (χ3n) is 5.00. The summed E-state index contributed by atoms with van der Waals surface area (Å²) < 4.78 is 4.80. The van der Waals surface area contributed by atoms with E-state index in [1.165, 1.54) is 23.8 Å². The molecule has 1 aliphatic rings. The topological polar surface area (TPSA) is 136 Å². The fourth-order valence-corrected chi connectivity index (χ4v) is 5.25. The lowest BCUT2D eigenvalue weighted by Crippen LogP contribution is -2.68. The molecule has 0 radical (unpaired) electrons. The Morgan fingerprint density at radius 2 is 2.09 bits per heavy atom. The summed E-state index contributed by atoms with van der Waals surface area (Å²) in [5, 5.41) is 6.52. The molecule has 1 aromatic heterocycles. The molecule has 3 unspecified atom stereocenters.